The van der Waals surface area contributed by atoms with Crippen LogP contribution in [0.5, 0.6) is 5.75 Å². The molecule has 30 heavy (non-hydrogen) atoms. The van der Waals surface area contributed by atoms with Crippen LogP contribution in [0.25, 0.3) is 10.9 Å². The van der Waals surface area contributed by atoms with Crippen LogP contribution in [-0.2, 0) is 6.54 Å². The molecular formula is C25H31N3O2. The third-order valence-corrected chi connectivity index (χ3v) is 5.79. The first-order chi connectivity index (χ1) is 14.5. The third kappa shape index (κ3) is 4.61. The maximum atomic E-state index is 12.5. The van der Waals surface area contributed by atoms with Gasteiger partial charge >= 0.3 is 0 Å². The summed E-state index contributed by atoms with van der Waals surface area (Å²) in [5, 5.41) is 4.38. The van der Waals surface area contributed by atoms with Crippen molar-refractivity contribution in [2.24, 2.45) is 11.8 Å². The summed E-state index contributed by atoms with van der Waals surface area (Å²) in [5.74, 6) is 2.23. The van der Waals surface area contributed by atoms with Crippen molar-refractivity contribution in [3.8, 4) is 5.75 Å². The zero-order chi connectivity index (χ0) is 21.1. The van der Waals surface area contributed by atoms with Crippen molar-refractivity contribution in [3.63, 3.8) is 0 Å². The summed E-state index contributed by atoms with van der Waals surface area (Å²) in [7, 11) is 0. The maximum Gasteiger partial charge on any atom is 0.253 e. The highest BCUT2D eigenvalue weighted by molar-refractivity contribution is 5.80. The molecule has 2 N–H and O–H groups in total. The number of H-pyrrole nitrogens is 1. The monoisotopic (exact) mass is 405 g/mol. The van der Waals surface area contributed by atoms with Gasteiger partial charge in [-0.15, -0.1) is 0 Å². The molecule has 3 aromatic rings. The van der Waals surface area contributed by atoms with Crippen LogP contribution in [0.3, 0.4) is 0 Å². The van der Waals surface area contributed by atoms with Gasteiger partial charge in [0, 0.05) is 42.6 Å². The van der Waals surface area contributed by atoms with E-state index >= 15 is 0 Å². The number of ether oxygens (including phenoxy) is 1. The number of aromatic nitrogens is 1. The highest BCUT2D eigenvalue weighted by Crippen LogP contribution is 2.27. The van der Waals surface area contributed by atoms with Gasteiger partial charge in [-0.2, -0.15) is 0 Å². The van der Waals surface area contributed by atoms with Gasteiger partial charge in [0.25, 0.3) is 5.56 Å². The number of hydrogen-bond acceptors (Lipinski definition) is 4. The van der Waals surface area contributed by atoms with Crippen LogP contribution in [0.2, 0.25) is 0 Å². The van der Waals surface area contributed by atoms with Gasteiger partial charge in [0.1, 0.15) is 5.75 Å². The molecule has 0 unspecified atom stereocenters. The quantitative estimate of drug-likeness (QED) is 0.604. The largest absolute Gasteiger partial charge is 0.494 e. The lowest BCUT2D eigenvalue weighted by molar-refractivity contribution is 0.340. The second-order valence-electron chi connectivity index (χ2n) is 8.56. The first kappa shape index (κ1) is 20.3. The first-order valence-corrected chi connectivity index (χ1v) is 10.9. The van der Waals surface area contributed by atoms with E-state index in [9.17, 15) is 4.79 Å². The maximum absolute atomic E-state index is 12.5. The van der Waals surface area contributed by atoms with Crippen LogP contribution >= 0.6 is 0 Å². The van der Waals surface area contributed by atoms with E-state index in [-0.39, 0.29) is 5.56 Å². The standard InChI is InChI=1S/C25H31N3O2/c1-4-30-23-10-5-19-12-20(25(29)27-24(19)13-23)14-26-21-6-8-22(9-7-21)28-15-17(2)11-18(3)16-28/h5-10,12-13,17-18,26H,4,11,14-16H2,1-3H3,(H,27,29)/t17-,18-/m0/s1. The zero-order valence-corrected chi connectivity index (χ0v) is 18.1. The normalized spacial score (nSPS) is 19.1. The van der Waals surface area contributed by atoms with Crippen LogP contribution in [0.4, 0.5) is 11.4 Å². The average Bonchev–Trinajstić information content (AvgIpc) is 2.72. The summed E-state index contributed by atoms with van der Waals surface area (Å²) in [6.07, 6.45) is 1.31. The van der Waals surface area contributed by atoms with Crippen LogP contribution < -0.4 is 20.5 Å². The summed E-state index contributed by atoms with van der Waals surface area (Å²) in [5.41, 5.74) is 3.73. The van der Waals surface area contributed by atoms with Gasteiger partial charge in [0.15, 0.2) is 0 Å². The molecule has 0 radical (unpaired) electrons. The van der Waals surface area contributed by atoms with E-state index in [1.165, 1.54) is 12.1 Å². The summed E-state index contributed by atoms with van der Waals surface area (Å²) in [6.45, 7) is 9.93. The lowest BCUT2D eigenvalue weighted by atomic mass is 9.91. The van der Waals surface area contributed by atoms with Crippen LogP contribution in [0.1, 0.15) is 32.8 Å². The Kier molecular flexibility index (Phi) is 5.98. The second-order valence-corrected chi connectivity index (χ2v) is 8.56. The highest BCUT2D eigenvalue weighted by atomic mass is 16.5. The number of hydrogen-bond donors (Lipinski definition) is 2. The summed E-state index contributed by atoms with van der Waals surface area (Å²) >= 11 is 0. The van der Waals surface area contributed by atoms with Crippen LogP contribution in [0.15, 0.2) is 53.3 Å². The molecule has 4 rings (SSSR count). The first-order valence-electron chi connectivity index (χ1n) is 10.9. The van der Waals surface area contributed by atoms with Crippen molar-refractivity contribution in [2.75, 3.05) is 29.9 Å². The number of benzene rings is 2. The van der Waals surface area contributed by atoms with Crippen LogP contribution in [0, 0.1) is 11.8 Å². The Morgan fingerprint density at radius 2 is 1.80 bits per heavy atom. The predicted octanol–water partition coefficient (Wildman–Crippen LogP) is 5.02. The van der Waals surface area contributed by atoms with E-state index < -0.39 is 0 Å². The molecule has 1 aliphatic rings. The van der Waals surface area contributed by atoms with E-state index in [0.717, 1.165) is 52.8 Å². The summed E-state index contributed by atoms with van der Waals surface area (Å²) < 4.78 is 5.52. The molecule has 0 spiro atoms. The molecule has 5 heteroatoms. The average molecular weight is 406 g/mol. The van der Waals surface area contributed by atoms with Crippen molar-refractivity contribution in [1.29, 1.82) is 0 Å². The van der Waals surface area contributed by atoms with Crippen molar-refractivity contribution in [3.05, 3.63) is 64.4 Å². The van der Waals surface area contributed by atoms with Gasteiger partial charge < -0.3 is 19.9 Å². The number of aromatic amines is 1. The molecule has 2 atom stereocenters. The number of fused-ring (bicyclic) bond motifs is 1. The van der Waals surface area contributed by atoms with Crippen molar-refractivity contribution < 1.29 is 4.74 Å². The Morgan fingerprint density at radius 3 is 2.50 bits per heavy atom. The van der Waals surface area contributed by atoms with Crippen molar-refractivity contribution >= 4 is 22.3 Å². The molecular weight excluding hydrogens is 374 g/mol. The Balaban J connectivity index is 1.44. The molecule has 1 saturated heterocycles. The Bertz CT molecular complexity index is 1050. The Morgan fingerprint density at radius 1 is 1.07 bits per heavy atom. The highest BCUT2D eigenvalue weighted by Gasteiger charge is 2.21. The van der Waals surface area contributed by atoms with Crippen molar-refractivity contribution in [1.82, 2.24) is 4.98 Å². The van der Waals surface area contributed by atoms with Gasteiger partial charge in [-0.25, -0.2) is 0 Å². The van der Waals surface area contributed by atoms with Crippen molar-refractivity contribution in [2.45, 2.75) is 33.7 Å². The van der Waals surface area contributed by atoms with E-state index in [0.29, 0.717) is 13.2 Å². The second kappa shape index (κ2) is 8.82. The van der Waals surface area contributed by atoms with E-state index in [1.54, 1.807) is 0 Å². The molecule has 1 aliphatic heterocycles. The molecule has 158 valence electrons. The number of pyridine rings is 1. The minimum Gasteiger partial charge on any atom is -0.494 e. The minimum absolute atomic E-state index is 0.0726. The van der Waals surface area contributed by atoms with E-state index in [2.05, 4.69) is 53.3 Å². The molecule has 0 bridgehead atoms. The molecule has 0 saturated carbocycles. The molecule has 1 aromatic heterocycles. The molecule has 2 heterocycles. The predicted molar refractivity (Wildman–Crippen MR) is 125 cm³/mol. The Hall–Kier alpha value is -2.95. The molecule has 5 nitrogen and oxygen atoms in total. The topological polar surface area (TPSA) is 57.4 Å². The lowest BCUT2D eigenvalue weighted by Crippen LogP contribution is -2.38. The SMILES string of the molecule is CCOc1ccc2cc(CNc3ccc(N4C[C@@H](C)C[C@H](C)C4)cc3)c(=O)[nH]c2c1. The van der Waals surface area contributed by atoms with E-state index in [1.807, 2.05) is 31.2 Å². The fourth-order valence-electron chi connectivity index (χ4n) is 4.47. The molecule has 2 aromatic carbocycles. The number of anilines is 2. The smallest absolute Gasteiger partial charge is 0.253 e. The van der Waals surface area contributed by atoms with E-state index in [4.69, 9.17) is 4.74 Å². The summed E-state index contributed by atoms with van der Waals surface area (Å²) in [4.78, 5) is 18.0. The Labute approximate surface area is 178 Å². The van der Waals surface area contributed by atoms with Gasteiger partial charge in [0.05, 0.1) is 12.1 Å². The van der Waals surface area contributed by atoms with Gasteiger partial charge in [-0.05, 0) is 73.0 Å². The summed E-state index contributed by atoms with van der Waals surface area (Å²) in [6, 6.07) is 16.3. The lowest BCUT2D eigenvalue weighted by Gasteiger charge is -2.36. The number of nitrogens with one attached hydrogen (secondary N) is 2. The number of piperidine rings is 1. The van der Waals surface area contributed by atoms with Gasteiger partial charge in [-0.1, -0.05) is 13.8 Å². The fourth-order valence-corrected chi connectivity index (χ4v) is 4.47. The molecule has 0 aliphatic carbocycles. The number of nitrogens with zero attached hydrogens (tertiary/aromatic N) is 1. The van der Waals surface area contributed by atoms with Crippen LogP contribution in [-0.4, -0.2) is 24.7 Å². The molecule has 1 fully saturated rings. The minimum atomic E-state index is -0.0726. The third-order valence-electron chi connectivity index (χ3n) is 5.79. The van der Waals surface area contributed by atoms with Gasteiger partial charge in [0.2, 0.25) is 0 Å². The zero-order valence-electron chi connectivity index (χ0n) is 18.1. The number of rotatable bonds is 6. The fraction of sp³-hybridized carbons (Fsp3) is 0.400. The molecule has 0 amide bonds. The van der Waals surface area contributed by atoms with Gasteiger partial charge in [-0.3, -0.25) is 4.79 Å².